The molecule has 4 nitrogen and oxygen atoms in total. The van der Waals surface area contributed by atoms with Gasteiger partial charge in [0.05, 0.1) is 6.54 Å². The molecule has 1 heterocycles. The fraction of sp³-hybridized carbons (Fsp3) is 0.833. The average Bonchev–Trinajstić information content (AvgIpc) is 1.94. The maximum atomic E-state index is 11.0. The van der Waals surface area contributed by atoms with E-state index in [0.29, 0.717) is 13.3 Å². The SMILES string of the molecule is COCN1CCNCC1=O. The van der Waals surface area contributed by atoms with Crippen molar-refractivity contribution in [3.05, 3.63) is 0 Å². The highest BCUT2D eigenvalue weighted by Crippen LogP contribution is 1.92. The lowest BCUT2D eigenvalue weighted by molar-refractivity contribution is -0.136. The summed E-state index contributed by atoms with van der Waals surface area (Å²) in [7, 11) is 1.59. The highest BCUT2D eigenvalue weighted by molar-refractivity contribution is 5.78. The Morgan fingerprint density at radius 1 is 1.80 bits per heavy atom. The smallest absolute Gasteiger partial charge is 0.238 e. The Hall–Kier alpha value is -0.610. The van der Waals surface area contributed by atoms with Crippen molar-refractivity contribution in [2.75, 3.05) is 33.5 Å². The van der Waals surface area contributed by atoms with E-state index in [1.807, 2.05) is 0 Å². The summed E-state index contributed by atoms with van der Waals surface area (Å²) >= 11 is 0. The van der Waals surface area contributed by atoms with Gasteiger partial charge in [0.2, 0.25) is 5.91 Å². The summed E-state index contributed by atoms with van der Waals surface area (Å²) in [5.41, 5.74) is 0. The van der Waals surface area contributed by atoms with Gasteiger partial charge in [0, 0.05) is 20.2 Å². The molecule has 58 valence electrons. The van der Waals surface area contributed by atoms with Crippen LogP contribution >= 0.6 is 0 Å². The summed E-state index contributed by atoms with van der Waals surface area (Å²) in [6.45, 7) is 2.49. The zero-order valence-electron chi connectivity index (χ0n) is 6.09. The minimum atomic E-state index is 0.119. The minimum absolute atomic E-state index is 0.119. The largest absolute Gasteiger partial charge is 0.364 e. The quantitative estimate of drug-likeness (QED) is 0.541. The molecule has 0 radical (unpaired) electrons. The van der Waals surface area contributed by atoms with Crippen LogP contribution in [0.5, 0.6) is 0 Å². The van der Waals surface area contributed by atoms with Crippen LogP contribution in [0, 0.1) is 0 Å². The number of nitrogens with one attached hydrogen (secondary N) is 1. The summed E-state index contributed by atoms with van der Waals surface area (Å²) in [6, 6.07) is 0. The van der Waals surface area contributed by atoms with Crippen molar-refractivity contribution in [2.24, 2.45) is 0 Å². The molecule has 0 bridgehead atoms. The second-order valence-electron chi connectivity index (χ2n) is 2.25. The monoisotopic (exact) mass is 144 g/mol. The Bertz CT molecular complexity index is 125. The number of amides is 1. The van der Waals surface area contributed by atoms with Crippen LogP contribution in [0.4, 0.5) is 0 Å². The minimum Gasteiger partial charge on any atom is -0.364 e. The van der Waals surface area contributed by atoms with E-state index < -0.39 is 0 Å². The number of piperazine rings is 1. The maximum Gasteiger partial charge on any atom is 0.238 e. The Kier molecular flexibility index (Phi) is 2.65. The summed E-state index contributed by atoms with van der Waals surface area (Å²) in [4.78, 5) is 12.7. The molecule has 0 aliphatic carbocycles. The highest BCUT2D eigenvalue weighted by Gasteiger charge is 2.15. The number of nitrogens with zero attached hydrogens (tertiary/aromatic N) is 1. The Morgan fingerprint density at radius 2 is 2.60 bits per heavy atom. The van der Waals surface area contributed by atoms with Crippen LogP contribution in [-0.2, 0) is 9.53 Å². The number of methoxy groups -OCH3 is 1. The predicted octanol–water partition coefficient (Wildman–Crippen LogP) is -0.978. The molecule has 1 amide bonds. The van der Waals surface area contributed by atoms with Gasteiger partial charge in [0.25, 0.3) is 0 Å². The third-order valence-electron chi connectivity index (χ3n) is 1.47. The molecule has 0 aromatic carbocycles. The fourth-order valence-electron chi connectivity index (χ4n) is 0.938. The maximum absolute atomic E-state index is 11.0. The van der Waals surface area contributed by atoms with E-state index >= 15 is 0 Å². The first-order valence-corrected chi connectivity index (χ1v) is 3.32. The molecule has 0 aromatic heterocycles. The van der Waals surface area contributed by atoms with Gasteiger partial charge >= 0.3 is 0 Å². The van der Waals surface area contributed by atoms with Crippen molar-refractivity contribution in [2.45, 2.75) is 0 Å². The fourth-order valence-corrected chi connectivity index (χ4v) is 0.938. The van der Waals surface area contributed by atoms with Crippen molar-refractivity contribution in [1.29, 1.82) is 0 Å². The lowest BCUT2D eigenvalue weighted by atomic mass is 10.4. The predicted molar refractivity (Wildman–Crippen MR) is 36.5 cm³/mol. The van der Waals surface area contributed by atoms with Gasteiger partial charge in [-0.2, -0.15) is 0 Å². The lowest BCUT2D eigenvalue weighted by Crippen LogP contribution is -2.48. The Balaban J connectivity index is 2.32. The summed E-state index contributed by atoms with van der Waals surface area (Å²) in [5.74, 6) is 0.119. The van der Waals surface area contributed by atoms with Crippen molar-refractivity contribution in [3.63, 3.8) is 0 Å². The van der Waals surface area contributed by atoms with Crippen LogP contribution in [0.1, 0.15) is 0 Å². The number of carbonyl (C=O) groups is 1. The van der Waals surface area contributed by atoms with Crippen molar-refractivity contribution < 1.29 is 9.53 Å². The van der Waals surface area contributed by atoms with Crippen molar-refractivity contribution in [3.8, 4) is 0 Å². The van der Waals surface area contributed by atoms with Crippen LogP contribution < -0.4 is 5.32 Å². The zero-order valence-corrected chi connectivity index (χ0v) is 6.09. The van der Waals surface area contributed by atoms with Crippen molar-refractivity contribution in [1.82, 2.24) is 10.2 Å². The molecule has 0 atom stereocenters. The van der Waals surface area contributed by atoms with Gasteiger partial charge in [-0.25, -0.2) is 0 Å². The number of hydrogen-bond donors (Lipinski definition) is 1. The van der Waals surface area contributed by atoms with Crippen LogP contribution in [0.2, 0.25) is 0 Å². The molecule has 1 aliphatic heterocycles. The van der Waals surface area contributed by atoms with Gasteiger partial charge in [-0.05, 0) is 0 Å². The topological polar surface area (TPSA) is 41.6 Å². The molecular weight excluding hydrogens is 132 g/mol. The van der Waals surface area contributed by atoms with Crippen LogP contribution in [0.3, 0.4) is 0 Å². The number of hydrogen-bond acceptors (Lipinski definition) is 3. The zero-order chi connectivity index (χ0) is 7.40. The van der Waals surface area contributed by atoms with E-state index in [2.05, 4.69) is 5.32 Å². The molecule has 0 saturated carbocycles. The first-order chi connectivity index (χ1) is 4.84. The van der Waals surface area contributed by atoms with Crippen LogP contribution in [-0.4, -0.2) is 44.3 Å². The molecule has 1 rings (SSSR count). The number of rotatable bonds is 2. The molecule has 0 unspecified atom stereocenters. The van der Waals surface area contributed by atoms with Crippen LogP contribution in [0.25, 0.3) is 0 Å². The Labute approximate surface area is 60.1 Å². The summed E-state index contributed by atoms with van der Waals surface area (Å²) in [5, 5.41) is 2.98. The highest BCUT2D eigenvalue weighted by atomic mass is 16.5. The molecule has 1 fully saturated rings. The first kappa shape index (κ1) is 7.50. The van der Waals surface area contributed by atoms with Gasteiger partial charge < -0.3 is 15.0 Å². The first-order valence-electron chi connectivity index (χ1n) is 3.32. The number of carbonyl (C=O) groups excluding carboxylic acids is 1. The van der Waals surface area contributed by atoms with E-state index in [1.54, 1.807) is 12.0 Å². The second kappa shape index (κ2) is 3.53. The molecule has 0 aromatic rings. The van der Waals surface area contributed by atoms with E-state index in [9.17, 15) is 4.79 Å². The Morgan fingerprint density at radius 3 is 3.20 bits per heavy atom. The lowest BCUT2D eigenvalue weighted by Gasteiger charge is -2.26. The van der Waals surface area contributed by atoms with E-state index in [1.165, 1.54) is 0 Å². The van der Waals surface area contributed by atoms with E-state index in [-0.39, 0.29) is 5.91 Å². The molecule has 0 spiro atoms. The van der Waals surface area contributed by atoms with Gasteiger partial charge in [-0.1, -0.05) is 0 Å². The third-order valence-corrected chi connectivity index (χ3v) is 1.47. The summed E-state index contributed by atoms with van der Waals surface area (Å²) in [6.07, 6.45) is 0. The van der Waals surface area contributed by atoms with Gasteiger partial charge in [0.15, 0.2) is 0 Å². The number of ether oxygens (including phenoxy) is 1. The molecular formula is C6H12N2O2. The second-order valence-corrected chi connectivity index (χ2v) is 2.25. The average molecular weight is 144 g/mol. The third kappa shape index (κ3) is 1.68. The van der Waals surface area contributed by atoms with Gasteiger partial charge in [-0.15, -0.1) is 0 Å². The molecule has 4 heteroatoms. The molecule has 1 aliphatic rings. The van der Waals surface area contributed by atoms with Gasteiger partial charge in [-0.3, -0.25) is 4.79 Å². The molecule has 10 heavy (non-hydrogen) atoms. The molecule has 1 N–H and O–H groups in total. The summed E-state index contributed by atoms with van der Waals surface area (Å²) < 4.78 is 4.83. The van der Waals surface area contributed by atoms with Crippen LogP contribution in [0.15, 0.2) is 0 Å². The van der Waals surface area contributed by atoms with E-state index in [0.717, 1.165) is 13.1 Å². The van der Waals surface area contributed by atoms with E-state index in [4.69, 9.17) is 4.74 Å². The molecule has 1 saturated heterocycles. The van der Waals surface area contributed by atoms with Gasteiger partial charge in [0.1, 0.15) is 6.73 Å². The standard InChI is InChI=1S/C6H12N2O2/c1-10-5-8-3-2-7-4-6(8)9/h7H,2-5H2,1H3. The van der Waals surface area contributed by atoms with Crippen molar-refractivity contribution >= 4 is 5.91 Å². The normalized spacial score (nSPS) is 19.7.